The number of nitrogens with one attached hydrogen (secondary N) is 2. The van der Waals surface area contributed by atoms with Gasteiger partial charge in [0.1, 0.15) is 16.5 Å². The zero-order chi connectivity index (χ0) is 24.6. The number of nitrogens with zero attached hydrogens (tertiary/aromatic N) is 2. The van der Waals surface area contributed by atoms with E-state index in [0.29, 0.717) is 28.0 Å². The third-order valence-electron chi connectivity index (χ3n) is 5.60. The highest BCUT2D eigenvalue weighted by molar-refractivity contribution is 6.29. The number of hydrogen-bond donors (Lipinski definition) is 2. The van der Waals surface area contributed by atoms with Gasteiger partial charge in [-0.2, -0.15) is 0 Å². The van der Waals surface area contributed by atoms with Gasteiger partial charge in [0, 0.05) is 36.1 Å². The van der Waals surface area contributed by atoms with Crippen molar-refractivity contribution >= 4 is 34.2 Å². The predicted molar refractivity (Wildman–Crippen MR) is 132 cm³/mol. The maximum Gasteiger partial charge on any atom is 0.295 e. The third-order valence-corrected chi connectivity index (χ3v) is 5.81. The van der Waals surface area contributed by atoms with Gasteiger partial charge < -0.3 is 14.3 Å². The molecule has 0 spiro atoms. The first kappa shape index (κ1) is 23.5. The summed E-state index contributed by atoms with van der Waals surface area (Å²) in [4.78, 5) is 34.6. The lowest BCUT2D eigenvalue weighted by atomic mass is 9.99. The molecule has 4 rings (SSSR count). The number of hydrogen-bond acceptors (Lipinski definition) is 6. The van der Waals surface area contributed by atoms with Crippen LogP contribution < -0.4 is 16.2 Å². The average molecular weight is 481 g/mol. The number of pyridine rings is 1. The molecule has 0 aliphatic carbocycles. The van der Waals surface area contributed by atoms with Crippen molar-refractivity contribution in [3.05, 3.63) is 80.5 Å². The number of halogens is 1. The van der Waals surface area contributed by atoms with Crippen molar-refractivity contribution in [1.82, 2.24) is 15.0 Å². The number of carbonyl (C=O) groups is 1. The number of hydroxylamine groups is 1. The van der Waals surface area contributed by atoms with E-state index < -0.39 is 5.91 Å². The van der Waals surface area contributed by atoms with Crippen LogP contribution in [0.1, 0.15) is 40.1 Å². The summed E-state index contributed by atoms with van der Waals surface area (Å²) in [5.74, 6) is -0.00829. The van der Waals surface area contributed by atoms with Gasteiger partial charge in [-0.3, -0.25) is 14.4 Å². The lowest BCUT2D eigenvalue weighted by molar-refractivity contribution is 0.0533. The van der Waals surface area contributed by atoms with Crippen LogP contribution in [0.15, 0.2) is 51.9 Å². The zero-order valence-electron chi connectivity index (χ0n) is 19.5. The second kappa shape index (κ2) is 9.32. The Bertz CT molecular complexity index is 1460. The summed E-state index contributed by atoms with van der Waals surface area (Å²) in [6.45, 7) is 5.62. The van der Waals surface area contributed by atoms with Crippen LogP contribution in [0, 0.1) is 13.8 Å². The van der Waals surface area contributed by atoms with Crippen LogP contribution >= 0.6 is 11.6 Å². The van der Waals surface area contributed by atoms with Crippen molar-refractivity contribution < 1.29 is 14.0 Å². The third kappa shape index (κ3) is 4.42. The second-order valence-electron chi connectivity index (χ2n) is 8.21. The Hall–Kier alpha value is -3.62. The topological polar surface area (TPSA) is 98.4 Å². The minimum absolute atomic E-state index is 0.0782. The Kier molecular flexibility index (Phi) is 6.45. The van der Waals surface area contributed by atoms with Gasteiger partial charge in [-0.15, -0.1) is 0 Å². The molecule has 3 aromatic heterocycles. The molecule has 0 aliphatic heterocycles. The number of amides is 1. The van der Waals surface area contributed by atoms with E-state index in [1.165, 1.54) is 7.11 Å². The molecule has 176 valence electrons. The minimum atomic E-state index is -0.540. The molecule has 1 amide bonds. The highest BCUT2D eigenvalue weighted by atomic mass is 35.5. The van der Waals surface area contributed by atoms with Crippen molar-refractivity contribution in [1.29, 1.82) is 0 Å². The molecule has 8 nitrogen and oxygen atoms in total. The van der Waals surface area contributed by atoms with E-state index in [0.717, 1.165) is 16.7 Å². The fourth-order valence-electron chi connectivity index (χ4n) is 3.98. The molecule has 0 saturated carbocycles. The molecule has 2 N–H and O–H groups in total. The zero-order valence-corrected chi connectivity index (χ0v) is 20.3. The largest absolute Gasteiger partial charge is 0.455 e. The van der Waals surface area contributed by atoms with Crippen LogP contribution in [0.5, 0.6) is 0 Å². The smallest absolute Gasteiger partial charge is 0.295 e. The van der Waals surface area contributed by atoms with E-state index in [4.69, 9.17) is 20.9 Å². The highest BCUT2D eigenvalue weighted by Crippen LogP contribution is 2.32. The van der Waals surface area contributed by atoms with E-state index in [2.05, 4.69) is 15.8 Å². The van der Waals surface area contributed by atoms with E-state index in [1.807, 2.05) is 56.1 Å². The van der Waals surface area contributed by atoms with Gasteiger partial charge >= 0.3 is 0 Å². The molecule has 0 bridgehead atoms. The van der Waals surface area contributed by atoms with Crippen molar-refractivity contribution in [3.8, 4) is 11.3 Å². The van der Waals surface area contributed by atoms with Gasteiger partial charge in [-0.25, -0.2) is 10.5 Å². The molecular formula is C25H25ClN4O4. The molecular weight excluding hydrogens is 456 g/mol. The van der Waals surface area contributed by atoms with Crippen LogP contribution in [0.25, 0.3) is 22.3 Å². The summed E-state index contributed by atoms with van der Waals surface area (Å²) in [6.07, 6.45) is 3.81. The molecule has 0 unspecified atom stereocenters. The SMILES string of the molecule is CONC(=O)c1nc(Cl)ccc1N[C@H](C)c1cc(C)cc2c(=O)c(C)c(-c3ccn(C)c3)oc12. The van der Waals surface area contributed by atoms with Crippen molar-refractivity contribution in [2.75, 3.05) is 12.4 Å². The predicted octanol–water partition coefficient (Wildman–Crippen LogP) is 4.93. The Morgan fingerprint density at radius 3 is 2.68 bits per heavy atom. The van der Waals surface area contributed by atoms with Gasteiger partial charge in [0.15, 0.2) is 11.1 Å². The summed E-state index contributed by atoms with van der Waals surface area (Å²) < 4.78 is 8.27. The average Bonchev–Trinajstić information content (AvgIpc) is 3.23. The molecule has 3 heterocycles. The fraction of sp³-hybridized carbons (Fsp3) is 0.240. The Labute approximate surface area is 201 Å². The number of rotatable bonds is 6. The maximum atomic E-state index is 13.3. The lowest BCUT2D eigenvalue weighted by Gasteiger charge is -2.20. The Morgan fingerprint density at radius 2 is 2.00 bits per heavy atom. The molecule has 34 heavy (non-hydrogen) atoms. The first-order chi connectivity index (χ1) is 16.2. The number of aryl methyl sites for hydroxylation is 2. The number of carbonyl (C=O) groups excluding carboxylic acids is 1. The van der Waals surface area contributed by atoms with Gasteiger partial charge in [0.25, 0.3) is 5.91 Å². The van der Waals surface area contributed by atoms with E-state index in [-0.39, 0.29) is 22.3 Å². The second-order valence-corrected chi connectivity index (χ2v) is 8.60. The molecule has 4 aromatic rings. The Morgan fingerprint density at radius 1 is 1.24 bits per heavy atom. The molecule has 0 fully saturated rings. The summed E-state index contributed by atoms with van der Waals surface area (Å²) in [6, 6.07) is 8.63. The monoisotopic (exact) mass is 480 g/mol. The normalized spacial score (nSPS) is 12.1. The molecule has 0 aliphatic rings. The van der Waals surface area contributed by atoms with Crippen LogP contribution in [0.3, 0.4) is 0 Å². The standard InChI is InChI=1S/C25H25ClN4O4/c1-13-10-17(15(3)27-19-6-7-20(26)28-21(19)25(32)29-33-5)24-18(11-13)22(31)14(2)23(34-24)16-8-9-30(4)12-16/h6-12,15,27H,1-5H3,(H,29,32)/t15-/m1/s1. The van der Waals surface area contributed by atoms with Crippen molar-refractivity contribution in [3.63, 3.8) is 0 Å². The van der Waals surface area contributed by atoms with Crippen LogP contribution in [0.2, 0.25) is 5.15 Å². The quantitative estimate of drug-likeness (QED) is 0.300. The molecule has 0 radical (unpaired) electrons. The van der Waals surface area contributed by atoms with Crippen LogP contribution in [0.4, 0.5) is 5.69 Å². The summed E-state index contributed by atoms with van der Waals surface area (Å²) in [5.41, 5.74) is 6.29. The van der Waals surface area contributed by atoms with E-state index in [1.54, 1.807) is 19.1 Å². The molecule has 1 atom stereocenters. The van der Waals surface area contributed by atoms with E-state index >= 15 is 0 Å². The van der Waals surface area contributed by atoms with Gasteiger partial charge in [0.05, 0.1) is 24.2 Å². The number of aromatic nitrogens is 2. The molecule has 9 heteroatoms. The first-order valence-electron chi connectivity index (χ1n) is 10.7. The number of benzene rings is 1. The minimum Gasteiger partial charge on any atom is -0.455 e. The number of fused-ring (bicyclic) bond motifs is 1. The van der Waals surface area contributed by atoms with Crippen molar-refractivity contribution in [2.45, 2.75) is 26.8 Å². The van der Waals surface area contributed by atoms with Gasteiger partial charge in [-0.1, -0.05) is 17.7 Å². The van der Waals surface area contributed by atoms with Crippen LogP contribution in [-0.4, -0.2) is 22.6 Å². The Balaban J connectivity index is 1.84. The molecule has 0 saturated heterocycles. The van der Waals surface area contributed by atoms with Gasteiger partial charge in [-0.05, 0) is 50.6 Å². The fourth-order valence-corrected chi connectivity index (χ4v) is 4.13. The summed E-state index contributed by atoms with van der Waals surface area (Å²) >= 11 is 6.01. The van der Waals surface area contributed by atoms with Gasteiger partial charge in [0.2, 0.25) is 0 Å². The first-order valence-corrected chi connectivity index (χ1v) is 11.0. The summed E-state index contributed by atoms with van der Waals surface area (Å²) in [7, 11) is 3.25. The number of anilines is 1. The lowest BCUT2D eigenvalue weighted by Crippen LogP contribution is -2.25. The van der Waals surface area contributed by atoms with E-state index in [9.17, 15) is 9.59 Å². The maximum absolute atomic E-state index is 13.3. The summed E-state index contributed by atoms with van der Waals surface area (Å²) in [5, 5.41) is 3.99. The molecule has 1 aromatic carbocycles. The highest BCUT2D eigenvalue weighted by Gasteiger charge is 2.21. The van der Waals surface area contributed by atoms with Crippen molar-refractivity contribution in [2.24, 2.45) is 7.05 Å². The van der Waals surface area contributed by atoms with Crippen LogP contribution in [-0.2, 0) is 11.9 Å².